The van der Waals surface area contributed by atoms with E-state index in [0.717, 1.165) is 0 Å². The number of rotatable bonds is 2. The highest BCUT2D eigenvalue weighted by molar-refractivity contribution is 6.42. The minimum Gasteiger partial charge on any atom is -0.381 e. The lowest BCUT2D eigenvalue weighted by molar-refractivity contribution is -0.117. The molecule has 1 unspecified atom stereocenters. The molecule has 1 aromatic rings. The van der Waals surface area contributed by atoms with Crippen LogP contribution in [0.4, 0.5) is 5.69 Å². The molecule has 1 aliphatic heterocycles. The lowest BCUT2D eigenvalue weighted by Crippen LogP contribution is -2.28. The highest BCUT2D eigenvalue weighted by atomic mass is 35.5. The maximum Gasteiger partial charge on any atom is 0.223 e. The van der Waals surface area contributed by atoms with Crippen LogP contribution >= 0.6 is 23.2 Å². The fraction of sp³-hybridized carbons (Fsp3) is 0.250. The van der Waals surface area contributed by atoms with Crippen molar-refractivity contribution in [3.63, 3.8) is 0 Å². The number of fused-ring (bicyclic) bond motifs is 1. The van der Waals surface area contributed by atoms with Crippen molar-refractivity contribution in [2.24, 2.45) is 5.73 Å². The smallest absolute Gasteiger partial charge is 0.223 e. The van der Waals surface area contributed by atoms with Crippen molar-refractivity contribution in [3.05, 3.63) is 39.5 Å². The lowest BCUT2D eigenvalue weighted by Gasteiger charge is -2.30. The maximum atomic E-state index is 10.9. The van der Waals surface area contributed by atoms with Gasteiger partial charge in [-0.1, -0.05) is 23.2 Å². The summed E-state index contributed by atoms with van der Waals surface area (Å²) in [6.07, 6.45) is 1.57. The summed E-state index contributed by atoms with van der Waals surface area (Å²) in [7, 11) is 0. The summed E-state index contributed by atoms with van der Waals surface area (Å²) in [5, 5.41) is 14.1. The number of amides is 1. The molecule has 0 saturated carbocycles. The van der Waals surface area contributed by atoms with Crippen LogP contribution in [0.5, 0.6) is 0 Å². The summed E-state index contributed by atoms with van der Waals surface area (Å²) in [6.45, 7) is 1.61. The van der Waals surface area contributed by atoms with Crippen molar-refractivity contribution < 1.29 is 9.90 Å². The second-order valence-electron chi connectivity index (χ2n) is 4.40. The molecule has 0 bridgehead atoms. The molecule has 1 heterocycles. The topological polar surface area (TPSA) is 75.3 Å². The van der Waals surface area contributed by atoms with Gasteiger partial charge in [0.2, 0.25) is 5.91 Å². The zero-order valence-electron chi connectivity index (χ0n) is 9.63. The molecule has 96 valence electrons. The number of halogens is 2. The van der Waals surface area contributed by atoms with E-state index >= 15 is 0 Å². The van der Waals surface area contributed by atoms with Crippen molar-refractivity contribution in [2.45, 2.75) is 18.9 Å². The Morgan fingerprint density at radius 3 is 2.67 bits per heavy atom. The van der Waals surface area contributed by atoms with Gasteiger partial charge in [0.1, 0.15) is 5.60 Å². The van der Waals surface area contributed by atoms with E-state index in [9.17, 15) is 9.90 Å². The van der Waals surface area contributed by atoms with Gasteiger partial charge in [-0.05, 0) is 25.1 Å². The molecule has 2 rings (SSSR count). The van der Waals surface area contributed by atoms with Crippen LogP contribution in [-0.2, 0) is 10.4 Å². The first-order chi connectivity index (χ1) is 8.29. The fourth-order valence-electron chi connectivity index (χ4n) is 1.98. The Hall–Kier alpha value is -1.23. The van der Waals surface area contributed by atoms with Gasteiger partial charge < -0.3 is 16.2 Å². The molecule has 0 spiro atoms. The predicted octanol–water partition coefficient (Wildman–Crippen LogP) is 2.39. The molecule has 6 heteroatoms. The first-order valence-corrected chi connectivity index (χ1v) is 6.04. The summed E-state index contributed by atoms with van der Waals surface area (Å²) in [6, 6.07) is 3.21. The second kappa shape index (κ2) is 4.46. The zero-order chi connectivity index (χ0) is 13.5. The van der Waals surface area contributed by atoms with Gasteiger partial charge >= 0.3 is 0 Å². The van der Waals surface area contributed by atoms with Crippen molar-refractivity contribution in [3.8, 4) is 0 Å². The molecule has 0 radical (unpaired) electrons. The molecule has 0 fully saturated rings. The van der Waals surface area contributed by atoms with Crippen LogP contribution in [0.25, 0.3) is 0 Å². The Morgan fingerprint density at radius 1 is 1.44 bits per heavy atom. The number of benzene rings is 1. The second-order valence-corrected chi connectivity index (χ2v) is 5.21. The Bertz CT molecular complexity index is 553. The molecule has 4 N–H and O–H groups in total. The van der Waals surface area contributed by atoms with Gasteiger partial charge in [0.05, 0.1) is 16.5 Å². The quantitative estimate of drug-likeness (QED) is 0.781. The summed E-state index contributed by atoms with van der Waals surface area (Å²) in [4.78, 5) is 10.9. The van der Waals surface area contributed by atoms with Gasteiger partial charge in [-0.15, -0.1) is 0 Å². The molecule has 18 heavy (non-hydrogen) atoms. The predicted molar refractivity (Wildman–Crippen MR) is 71.5 cm³/mol. The van der Waals surface area contributed by atoms with Crippen molar-refractivity contribution >= 4 is 34.8 Å². The minimum absolute atomic E-state index is 0.0236. The molecule has 0 aromatic heterocycles. The average molecular weight is 287 g/mol. The largest absolute Gasteiger partial charge is 0.381 e. The van der Waals surface area contributed by atoms with Crippen LogP contribution in [0, 0.1) is 0 Å². The number of carbonyl (C=O) groups is 1. The number of carbonyl (C=O) groups excluding carboxylic acids is 1. The minimum atomic E-state index is -1.22. The third-order valence-corrected chi connectivity index (χ3v) is 3.44. The molecule has 1 amide bonds. The van der Waals surface area contributed by atoms with Gasteiger partial charge in [0.25, 0.3) is 0 Å². The third-order valence-electron chi connectivity index (χ3n) is 2.72. The van der Waals surface area contributed by atoms with Crippen LogP contribution < -0.4 is 11.1 Å². The first-order valence-electron chi connectivity index (χ1n) is 5.28. The number of nitrogens with one attached hydrogen (secondary N) is 1. The van der Waals surface area contributed by atoms with Gasteiger partial charge in [0, 0.05) is 16.9 Å². The first kappa shape index (κ1) is 13.2. The van der Waals surface area contributed by atoms with Gasteiger partial charge in [-0.2, -0.15) is 0 Å². The van der Waals surface area contributed by atoms with Gasteiger partial charge in [-0.25, -0.2) is 0 Å². The highest BCUT2D eigenvalue weighted by Crippen LogP contribution is 2.40. The summed E-state index contributed by atoms with van der Waals surface area (Å²) in [5.41, 5.74) is 5.68. The SMILES string of the molecule is CC1(O)C=C(CC(N)=O)Nc2cc(Cl)c(Cl)cc21. The van der Waals surface area contributed by atoms with Crippen molar-refractivity contribution in [2.75, 3.05) is 5.32 Å². The fourth-order valence-corrected chi connectivity index (χ4v) is 2.31. The van der Waals surface area contributed by atoms with E-state index in [1.807, 2.05) is 0 Å². The van der Waals surface area contributed by atoms with E-state index < -0.39 is 11.5 Å². The molecule has 0 aliphatic carbocycles. The van der Waals surface area contributed by atoms with E-state index in [1.54, 1.807) is 25.1 Å². The number of anilines is 1. The monoisotopic (exact) mass is 286 g/mol. The van der Waals surface area contributed by atoms with E-state index in [2.05, 4.69) is 5.32 Å². The van der Waals surface area contributed by atoms with E-state index in [-0.39, 0.29) is 6.42 Å². The van der Waals surface area contributed by atoms with E-state index in [1.165, 1.54) is 0 Å². The van der Waals surface area contributed by atoms with E-state index in [0.29, 0.717) is 27.0 Å². The number of aliphatic hydroxyl groups is 1. The Balaban J connectivity index is 2.47. The van der Waals surface area contributed by atoms with Crippen LogP contribution in [0.3, 0.4) is 0 Å². The Morgan fingerprint density at radius 2 is 2.06 bits per heavy atom. The number of hydrogen-bond acceptors (Lipinski definition) is 3. The highest BCUT2D eigenvalue weighted by Gasteiger charge is 2.30. The molecule has 1 aromatic carbocycles. The van der Waals surface area contributed by atoms with Crippen LogP contribution in [0.1, 0.15) is 18.9 Å². The number of nitrogens with two attached hydrogens (primary N) is 1. The zero-order valence-corrected chi connectivity index (χ0v) is 11.1. The molecular weight excluding hydrogens is 275 g/mol. The Kier molecular flexibility index (Phi) is 3.27. The summed E-state index contributed by atoms with van der Waals surface area (Å²) < 4.78 is 0. The van der Waals surface area contributed by atoms with Crippen LogP contribution in [-0.4, -0.2) is 11.0 Å². The molecule has 0 saturated heterocycles. The molecule has 1 atom stereocenters. The molecule has 4 nitrogen and oxygen atoms in total. The van der Waals surface area contributed by atoms with Crippen LogP contribution in [0.15, 0.2) is 23.9 Å². The van der Waals surface area contributed by atoms with Crippen molar-refractivity contribution in [1.29, 1.82) is 0 Å². The number of primary amides is 1. The van der Waals surface area contributed by atoms with Crippen LogP contribution in [0.2, 0.25) is 10.0 Å². The average Bonchev–Trinajstić information content (AvgIpc) is 2.19. The number of hydrogen-bond donors (Lipinski definition) is 3. The Labute approximate surface area is 114 Å². The normalized spacial score (nSPS) is 21.9. The van der Waals surface area contributed by atoms with Gasteiger partial charge in [0.15, 0.2) is 0 Å². The molecular formula is C12H12Cl2N2O2. The van der Waals surface area contributed by atoms with Gasteiger partial charge in [-0.3, -0.25) is 4.79 Å². The molecule has 1 aliphatic rings. The summed E-state index contributed by atoms with van der Waals surface area (Å²) in [5.74, 6) is -0.479. The maximum absolute atomic E-state index is 10.9. The van der Waals surface area contributed by atoms with E-state index in [4.69, 9.17) is 28.9 Å². The third kappa shape index (κ3) is 2.46. The summed E-state index contributed by atoms with van der Waals surface area (Å²) >= 11 is 11.9. The standard InChI is InChI=1S/C12H12Cl2N2O2/c1-12(18)5-6(2-11(15)17)16-10-4-9(14)8(13)3-7(10)12/h3-5,16,18H,2H2,1H3,(H2,15,17). The lowest BCUT2D eigenvalue weighted by atomic mass is 9.89. The van der Waals surface area contributed by atoms with Crippen molar-refractivity contribution in [1.82, 2.24) is 0 Å².